The Bertz CT molecular complexity index is 529. The largest absolute Gasteiger partial charge is 0.419 e. The molecule has 1 aromatic carbocycles. The van der Waals surface area contributed by atoms with Crippen LogP contribution in [0.5, 0.6) is 0 Å². The zero-order valence-electron chi connectivity index (χ0n) is 9.15. The van der Waals surface area contributed by atoms with Crippen LogP contribution in [-0.2, 0) is 0 Å². The zero-order valence-corrected chi connectivity index (χ0v) is 10.7. The second-order valence-electron chi connectivity index (χ2n) is 3.59. The lowest BCUT2D eigenvalue weighted by atomic mass is 10.2. The SMILES string of the molecule is CCC(N)c1nnc(-c2ccc(F)c(Br)c2)o1. The molecule has 0 saturated carbocycles. The van der Waals surface area contributed by atoms with Gasteiger partial charge in [-0.1, -0.05) is 6.92 Å². The smallest absolute Gasteiger partial charge is 0.247 e. The first-order valence-corrected chi connectivity index (χ1v) is 5.95. The summed E-state index contributed by atoms with van der Waals surface area (Å²) in [7, 11) is 0. The second kappa shape index (κ2) is 4.93. The molecule has 1 atom stereocenters. The molecule has 6 heteroatoms. The van der Waals surface area contributed by atoms with Crippen LogP contribution in [0, 0.1) is 5.82 Å². The molecule has 0 aliphatic carbocycles. The molecular formula is C11H11BrFN3O. The lowest BCUT2D eigenvalue weighted by Gasteiger charge is -2.00. The van der Waals surface area contributed by atoms with Gasteiger partial charge in [-0.2, -0.15) is 0 Å². The molecule has 2 rings (SSSR count). The molecule has 2 aromatic rings. The predicted octanol–water partition coefficient (Wildman–Crippen LogP) is 3.05. The number of benzene rings is 1. The van der Waals surface area contributed by atoms with Gasteiger partial charge in [0.25, 0.3) is 0 Å². The van der Waals surface area contributed by atoms with Crippen LogP contribution in [0.25, 0.3) is 11.5 Å². The van der Waals surface area contributed by atoms with Crippen LogP contribution in [0.4, 0.5) is 4.39 Å². The maximum absolute atomic E-state index is 13.1. The number of halogens is 2. The van der Waals surface area contributed by atoms with Crippen molar-refractivity contribution in [2.24, 2.45) is 5.73 Å². The summed E-state index contributed by atoms with van der Waals surface area (Å²) in [4.78, 5) is 0. The quantitative estimate of drug-likeness (QED) is 0.946. The van der Waals surface area contributed by atoms with Crippen LogP contribution < -0.4 is 5.73 Å². The van der Waals surface area contributed by atoms with Crippen LogP contribution in [0.3, 0.4) is 0 Å². The molecule has 1 unspecified atom stereocenters. The minimum atomic E-state index is -0.334. The Labute approximate surface area is 106 Å². The lowest BCUT2D eigenvalue weighted by Crippen LogP contribution is -2.08. The molecule has 2 N–H and O–H groups in total. The van der Waals surface area contributed by atoms with Crippen LogP contribution in [0.15, 0.2) is 27.1 Å². The number of hydrogen-bond donors (Lipinski definition) is 1. The van der Waals surface area contributed by atoms with Crippen LogP contribution in [0.2, 0.25) is 0 Å². The van der Waals surface area contributed by atoms with E-state index in [9.17, 15) is 4.39 Å². The van der Waals surface area contributed by atoms with Gasteiger partial charge in [-0.25, -0.2) is 4.39 Å². The van der Waals surface area contributed by atoms with Gasteiger partial charge in [0.2, 0.25) is 11.8 Å². The van der Waals surface area contributed by atoms with Crippen LogP contribution in [0.1, 0.15) is 25.3 Å². The molecule has 0 aliphatic heterocycles. The van der Waals surface area contributed by atoms with E-state index in [1.54, 1.807) is 12.1 Å². The monoisotopic (exact) mass is 299 g/mol. The van der Waals surface area contributed by atoms with Gasteiger partial charge in [0.1, 0.15) is 5.82 Å². The van der Waals surface area contributed by atoms with Crippen LogP contribution >= 0.6 is 15.9 Å². The highest BCUT2D eigenvalue weighted by molar-refractivity contribution is 9.10. The van der Waals surface area contributed by atoms with E-state index in [0.29, 0.717) is 21.8 Å². The highest BCUT2D eigenvalue weighted by Crippen LogP contribution is 2.25. The maximum atomic E-state index is 13.1. The van der Waals surface area contributed by atoms with Gasteiger partial charge in [0, 0.05) is 5.56 Å². The minimum Gasteiger partial charge on any atom is -0.419 e. The Balaban J connectivity index is 2.33. The summed E-state index contributed by atoms with van der Waals surface area (Å²) in [6.45, 7) is 1.93. The first kappa shape index (κ1) is 12.2. The standard InChI is InChI=1S/C11H11BrFN3O/c1-2-9(14)11-16-15-10(17-11)6-3-4-8(13)7(12)5-6/h3-5,9H,2,14H2,1H3. The molecule has 1 aromatic heterocycles. The van der Waals surface area contributed by atoms with E-state index in [-0.39, 0.29) is 11.9 Å². The Hall–Kier alpha value is -1.27. The molecule has 0 fully saturated rings. The number of nitrogens with two attached hydrogens (primary N) is 1. The summed E-state index contributed by atoms with van der Waals surface area (Å²) in [6.07, 6.45) is 0.717. The fourth-order valence-electron chi connectivity index (χ4n) is 1.30. The Kier molecular flexibility index (Phi) is 3.54. The topological polar surface area (TPSA) is 64.9 Å². The maximum Gasteiger partial charge on any atom is 0.247 e. The molecule has 0 amide bonds. The third-order valence-corrected chi connectivity index (χ3v) is 2.97. The number of hydrogen-bond acceptors (Lipinski definition) is 4. The fraction of sp³-hybridized carbons (Fsp3) is 0.273. The Morgan fingerprint density at radius 1 is 1.47 bits per heavy atom. The molecule has 0 bridgehead atoms. The lowest BCUT2D eigenvalue weighted by molar-refractivity contribution is 0.452. The molecule has 0 radical (unpaired) electrons. The molecule has 1 heterocycles. The molecule has 0 saturated heterocycles. The van der Waals surface area contributed by atoms with E-state index in [2.05, 4.69) is 26.1 Å². The number of nitrogens with zero attached hydrogens (tertiary/aromatic N) is 2. The van der Waals surface area contributed by atoms with Crippen molar-refractivity contribution in [3.63, 3.8) is 0 Å². The molecule has 17 heavy (non-hydrogen) atoms. The van der Waals surface area contributed by atoms with Gasteiger partial charge in [-0.05, 0) is 40.5 Å². The molecule has 0 aliphatic rings. The summed E-state index contributed by atoms with van der Waals surface area (Å²) in [5.41, 5.74) is 6.43. The average molecular weight is 300 g/mol. The van der Waals surface area contributed by atoms with Gasteiger partial charge in [-0.15, -0.1) is 10.2 Å². The van der Waals surface area contributed by atoms with E-state index in [1.165, 1.54) is 6.07 Å². The second-order valence-corrected chi connectivity index (χ2v) is 4.44. The van der Waals surface area contributed by atoms with Gasteiger partial charge in [-0.3, -0.25) is 0 Å². The van der Waals surface area contributed by atoms with Crippen molar-refractivity contribution in [1.29, 1.82) is 0 Å². The van der Waals surface area contributed by atoms with Gasteiger partial charge < -0.3 is 10.2 Å². The van der Waals surface area contributed by atoms with E-state index >= 15 is 0 Å². The fourth-order valence-corrected chi connectivity index (χ4v) is 1.68. The summed E-state index contributed by atoms with van der Waals surface area (Å²) < 4.78 is 18.9. The summed E-state index contributed by atoms with van der Waals surface area (Å²) in [5, 5.41) is 7.75. The van der Waals surface area contributed by atoms with Crippen molar-refractivity contribution in [2.45, 2.75) is 19.4 Å². The summed E-state index contributed by atoms with van der Waals surface area (Å²) in [5.74, 6) is 0.395. The highest BCUT2D eigenvalue weighted by Gasteiger charge is 2.14. The van der Waals surface area contributed by atoms with Crippen molar-refractivity contribution >= 4 is 15.9 Å². The average Bonchev–Trinajstić information content (AvgIpc) is 2.81. The first-order chi connectivity index (χ1) is 8.11. The number of rotatable bonds is 3. The Morgan fingerprint density at radius 3 is 2.88 bits per heavy atom. The molecule has 4 nitrogen and oxygen atoms in total. The third kappa shape index (κ3) is 2.53. The third-order valence-electron chi connectivity index (χ3n) is 2.36. The van der Waals surface area contributed by atoms with Crippen molar-refractivity contribution in [3.05, 3.63) is 34.4 Å². The van der Waals surface area contributed by atoms with Crippen molar-refractivity contribution in [2.75, 3.05) is 0 Å². The van der Waals surface area contributed by atoms with Gasteiger partial charge in [0.15, 0.2) is 0 Å². The molecule has 0 spiro atoms. The highest BCUT2D eigenvalue weighted by atomic mass is 79.9. The normalized spacial score (nSPS) is 12.7. The molecular weight excluding hydrogens is 289 g/mol. The van der Waals surface area contributed by atoms with Crippen molar-refractivity contribution in [1.82, 2.24) is 10.2 Å². The van der Waals surface area contributed by atoms with E-state index in [0.717, 1.165) is 6.42 Å². The van der Waals surface area contributed by atoms with E-state index in [4.69, 9.17) is 10.2 Å². The van der Waals surface area contributed by atoms with Crippen LogP contribution in [-0.4, -0.2) is 10.2 Å². The first-order valence-electron chi connectivity index (χ1n) is 5.16. The van der Waals surface area contributed by atoms with Crippen molar-refractivity contribution in [3.8, 4) is 11.5 Å². The molecule has 90 valence electrons. The zero-order chi connectivity index (χ0) is 12.4. The van der Waals surface area contributed by atoms with E-state index in [1.807, 2.05) is 6.92 Å². The van der Waals surface area contributed by atoms with Gasteiger partial charge >= 0.3 is 0 Å². The Morgan fingerprint density at radius 2 is 2.24 bits per heavy atom. The van der Waals surface area contributed by atoms with Gasteiger partial charge in [0.05, 0.1) is 10.5 Å². The number of aromatic nitrogens is 2. The van der Waals surface area contributed by atoms with E-state index < -0.39 is 0 Å². The summed E-state index contributed by atoms with van der Waals surface area (Å²) in [6, 6.07) is 4.24. The minimum absolute atomic E-state index is 0.264. The summed E-state index contributed by atoms with van der Waals surface area (Å²) >= 11 is 3.10. The predicted molar refractivity (Wildman–Crippen MR) is 64.6 cm³/mol. The van der Waals surface area contributed by atoms with Crippen molar-refractivity contribution < 1.29 is 8.81 Å².